The fraction of sp³-hybridized carbons (Fsp3) is 0.400. The first-order valence-corrected chi connectivity index (χ1v) is 2.81. The molecule has 1 aromatic heterocycles. The van der Waals surface area contributed by atoms with Crippen molar-refractivity contribution in [3.05, 3.63) is 12.5 Å². The standard InChI is InChI=1S/C5H6F3N3/c6-5(7,8)2-11-3-10-1-4(11)9/h1,3H,2,9H2. The second-order valence-electron chi connectivity index (χ2n) is 2.06. The van der Waals surface area contributed by atoms with Crippen molar-refractivity contribution in [2.75, 3.05) is 5.73 Å². The Kier molecular flexibility index (Phi) is 1.76. The summed E-state index contributed by atoms with van der Waals surface area (Å²) in [5.74, 6) is 0.0160. The molecule has 3 nitrogen and oxygen atoms in total. The molecule has 0 amide bonds. The summed E-state index contributed by atoms with van der Waals surface area (Å²) in [6, 6.07) is 0. The maximum absolute atomic E-state index is 11.7. The molecule has 0 radical (unpaired) electrons. The van der Waals surface area contributed by atoms with Crippen molar-refractivity contribution in [1.29, 1.82) is 0 Å². The van der Waals surface area contributed by atoms with Crippen LogP contribution in [-0.2, 0) is 6.54 Å². The Bertz CT molecular complexity index is 239. The fourth-order valence-electron chi connectivity index (χ4n) is 0.656. The van der Waals surface area contributed by atoms with E-state index < -0.39 is 12.7 Å². The lowest BCUT2D eigenvalue weighted by Crippen LogP contribution is -2.18. The second kappa shape index (κ2) is 2.44. The number of rotatable bonds is 1. The van der Waals surface area contributed by atoms with E-state index in [-0.39, 0.29) is 5.82 Å². The average molecular weight is 165 g/mol. The average Bonchev–Trinajstić information content (AvgIpc) is 2.12. The predicted molar refractivity (Wildman–Crippen MR) is 32.7 cm³/mol. The Hall–Kier alpha value is -1.20. The number of halogens is 3. The molecule has 2 N–H and O–H groups in total. The molecule has 0 saturated carbocycles. The lowest BCUT2D eigenvalue weighted by Gasteiger charge is -2.07. The molecule has 0 atom stereocenters. The Morgan fingerprint density at radius 2 is 2.18 bits per heavy atom. The lowest BCUT2D eigenvalue weighted by atomic mass is 10.6. The van der Waals surface area contributed by atoms with Crippen molar-refractivity contribution >= 4 is 5.82 Å². The van der Waals surface area contributed by atoms with E-state index in [0.717, 1.165) is 10.9 Å². The third-order valence-electron chi connectivity index (χ3n) is 1.09. The molecule has 62 valence electrons. The monoisotopic (exact) mass is 165 g/mol. The second-order valence-corrected chi connectivity index (χ2v) is 2.06. The normalized spacial score (nSPS) is 11.9. The highest BCUT2D eigenvalue weighted by atomic mass is 19.4. The number of aromatic nitrogens is 2. The van der Waals surface area contributed by atoms with Crippen LogP contribution in [0, 0.1) is 0 Å². The van der Waals surface area contributed by atoms with Gasteiger partial charge < -0.3 is 10.3 Å². The van der Waals surface area contributed by atoms with Gasteiger partial charge in [-0.3, -0.25) is 0 Å². The lowest BCUT2D eigenvalue weighted by molar-refractivity contribution is -0.140. The van der Waals surface area contributed by atoms with Crippen molar-refractivity contribution in [2.24, 2.45) is 0 Å². The minimum Gasteiger partial charge on any atom is -0.384 e. The number of nitrogen functional groups attached to an aromatic ring is 1. The van der Waals surface area contributed by atoms with Gasteiger partial charge in [0.2, 0.25) is 0 Å². The summed E-state index contributed by atoms with van der Waals surface area (Å²) in [4.78, 5) is 3.44. The molecular formula is C5H6F3N3. The number of hydrogen-bond acceptors (Lipinski definition) is 2. The topological polar surface area (TPSA) is 43.8 Å². The minimum atomic E-state index is -4.24. The van der Waals surface area contributed by atoms with Crippen LogP contribution >= 0.6 is 0 Å². The van der Waals surface area contributed by atoms with Gasteiger partial charge in [0.15, 0.2) is 0 Å². The van der Waals surface area contributed by atoms with E-state index >= 15 is 0 Å². The van der Waals surface area contributed by atoms with Crippen LogP contribution in [0.25, 0.3) is 0 Å². The highest BCUT2D eigenvalue weighted by molar-refractivity contribution is 5.24. The number of hydrogen-bond donors (Lipinski definition) is 1. The zero-order valence-electron chi connectivity index (χ0n) is 5.47. The van der Waals surface area contributed by atoms with Gasteiger partial charge >= 0.3 is 6.18 Å². The highest BCUT2D eigenvalue weighted by Gasteiger charge is 2.28. The molecule has 0 aliphatic carbocycles. The molecule has 1 rings (SSSR count). The smallest absolute Gasteiger partial charge is 0.384 e. The summed E-state index contributed by atoms with van der Waals surface area (Å²) in [6.45, 7) is -1.08. The first kappa shape index (κ1) is 7.90. The Morgan fingerprint density at radius 3 is 2.55 bits per heavy atom. The van der Waals surface area contributed by atoms with Crippen LogP contribution in [0.4, 0.5) is 19.0 Å². The van der Waals surface area contributed by atoms with Gasteiger partial charge in [-0.2, -0.15) is 13.2 Å². The van der Waals surface area contributed by atoms with E-state index in [4.69, 9.17) is 5.73 Å². The zero-order valence-corrected chi connectivity index (χ0v) is 5.47. The zero-order chi connectivity index (χ0) is 8.48. The van der Waals surface area contributed by atoms with Gasteiger partial charge in [0.25, 0.3) is 0 Å². The van der Waals surface area contributed by atoms with E-state index in [1.165, 1.54) is 6.20 Å². The van der Waals surface area contributed by atoms with Crippen LogP contribution < -0.4 is 5.73 Å². The van der Waals surface area contributed by atoms with Crippen molar-refractivity contribution in [2.45, 2.75) is 12.7 Å². The van der Waals surface area contributed by atoms with Crippen LogP contribution in [0.5, 0.6) is 0 Å². The first-order valence-electron chi connectivity index (χ1n) is 2.81. The van der Waals surface area contributed by atoms with Crippen LogP contribution in [0.2, 0.25) is 0 Å². The Balaban J connectivity index is 2.72. The van der Waals surface area contributed by atoms with Crippen molar-refractivity contribution < 1.29 is 13.2 Å². The van der Waals surface area contributed by atoms with Gasteiger partial charge in [-0.15, -0.1) is 0 Å². The third kappa shape index (κ3) is 2.14. The summed E-state index contributed by atoms with van der Waals surface area (Å²) in [5.41, 5.74) is 5.15. The first-order chi connectivity index (χ1) is 4.99. The molecule has 0 spiro atoms. The summed E-state index contributed by atoms with van der Waals surface area (Å²) in [7, 11) is 0. The van der Waals surface area contributed by atoms with Crippen LogP contribution in [0.3, 0.4) is 0 Å². The molecule has 6 heteroatoms. The summed E-state index contributed by atoms with van der Waals surface area (Å²) < 4.78 is 35.9. The SMILES string of the molecule is Nc1cncn1CC(F)(F)F. The molecule has 1 heterocycles. The van der Waals surface area contributed by atoms with Gasteiger partial charge in [-0.05, 0) is 0 Å². The molecular weight excluding hydrogens is 159 g/mol. The molecule has 0 saturated heterocycles. The summed E-state index contributed by atoms with van der Waals surface area (Å²) in [5, 5.41) is 0. The molecule has 0 aliphatic rings. The highest BCUT2D eigenvalue weighted by Crippen LogP contribution is 2.18. The number of imidazole rings is 1. The fourth-order valence-corrected chi connectivity index (χ4v) is 0.656. The van der Waals surface area contributed by atoms with Crippen molar-refractivity contribution in [1.82, 2.24) is 9.55 Å². The number of anilines is 1. The van der Waals surface area contributed by atoms with E-state index in [0.29, 0.717) is 0 Å². The third-order valence-corrected chi connectivity index (χ3v) is 1.09. The minimum absolute atomic E-state index is 0.0160. The number of nitrogens with zero attached hydrogens (tertiary/aromatic N) is 2. The molecule has 0 aromatic carbocycles. The number of alkyl halides is 3. The van der Waals surface area contributed by atoms with Gasteiger partial charge in [-0.25, -0.2) is 4.98 Å². The van der Waals surface area contributed by atoms with Gasteiger partial charge in [0.05, 0.1) is 12.5 Å². The maximum Gasteiger partial charge on any atom is 0.406 e. The molecule has 0 unspecified atom stereocenters. The molecule has 11 heavy (non-hydrogen) atoms. The van der Waals surface area contributed by atoms with Gasteiger partial charge in [-0.1, -0.05) is 0 Å². The molecule has 0 bridgehead atoms. The van der Waals surface area contributed by atoms with E-state index in [2.05, 4.69) is 4.98 Å². The molecule has 0 fully saturated rings. The van der Waals surface area contributed by atoms with Crippen molar-refractivity contribution in [3.8, 4) is 0 Å². The molecule has 1 aromatic rings. The number of nitrogens with two attached hydrogens (primary N) is 1. The summed E-state index contributed by atoms with van der Waals surface area (Å²) >= 11 is 0. The van der Waals surface area contributed by atoms with E-state index in [1.54, 1.807) is 0 Å². The summed E-state index contributed by atoms with van der Waals surface area (Å²) in [6.07, 6.45) is -2.02. The van der Waals surface area contributed by atoms with Crippen LogP contribution in [0.15, 0.2) is 12.5 Å². The Labute approximate surface area is 60.6 Å². The predicted octanol–water partition coefficient (Wildman–Crippen LogP) is 1.03. The van der Waals surface area contributed by atoms with E-state index in [9.17, 15) is 13.2 Å². The quantitative estimate of drug-likeness (QED) is 0.675. The molecule has 0 aliphatic heterocycles. The Morgan fingerprint density at radius 1 is 1.55 bits per heavy atom. The maximum atomic E-state index is 11.7. The van der Waals surface area contributed by atoms with Crippen molar-refractivity contribution in [3.63, 3.8) is 0 Å². The van der Waals surface area contributed by atoms with Gasteiger partial charge in [0, 0.05) is 0 Å². The largest absolute Gasteiger partial charge is 0.406 e. The van der Waals surface area contributed by atoms with E-state index in [1.807, 2.05) is 0 Å². The van der Waals surface area contributed by atoms with Crippen LogP contribution in [-0.4, -0.2) is 15.7 Å². The van der Waals surface area contributed by atoms with Crippen LogP contribution in [0.1, 0.15) is 0 Å². The van der Waals surface area contributed by atoms with Gasteiger partial charge in [0.1, 0.15) is 12.4 Å².